The van der Waals surface area contributed by atoms with Gasteiger partial charge in [-0.15, -0.1) is 0 Å². The number of rotatable bonds is 4. The standard InChI is InChI=1S/C20H21N5O2S/c1-12(2)28(26,27)25-17-11-15(9-10-16(17)24-20(25)21)19-18(22-13(3)23-19)14-7-5-4-6-8-14/h4-12H,1-3H3,(H2,21,24)(H,22,23). The van der Waals surface area contributed by atoms with Crippen molar-refractivity contribution in [1.82, 2.24) is 18.9 Å². The number of benzene rings is 2. The maximum absolute atomic E-state index is 12.8. The topological polar surface area (TPSA) is 107 Å². The van der Waals surface area contributed by atoms with Crippen LogP contribution in [0.25, 0.3) is 33.5 Å². The highest BCUT2D eigenvalue weighted by molar-refractivity contribution is 7.90. The number of imidazole rings is 2. The summed E-state index contributed by atoms with van der Waals surface area (Å²) in [5.74, 6) is 0.735. The molecule has 28 heavy (non-hydrogen) atoms. The van der Waals surface area contributed by atoms with Crippen molar-refractivity contribution < 1.29 is 8.42 Å². The van der Waals surface area contributed by atoms with Crippen LogP contribution in [0.2, 0.25) is 0 Å². The predicted molar refractivity (Wildman–Crippen MR) is 111 cm³/mol. The molecule has 0 spiro atoms. The van der Waals surface area contributed by atoms with Crippen molar-refractivity contribution in [2.24, 2.45) is 0 Å². The average Bonchev–Trinajstić information content (AvgIpc) is 3.21. The summed E-state index contributed by atoms with van der Waals surface area (Å²) in [6.45, 7) is 5.13. The smallest absolute Gasteiger partial charge is 0.244 e. The summed E-state index contributed by atoms with van der Waals surface area (Å²) < 4.78 is 26.7. The van der Waals surface area contributed by atoms with Gasteiger partial charge in [0.2, 0.25) is 16.0 Å². The number of nitrogens with two attached hydrogens (primary N) is 1. The van der Waals surface area contributed by atoms with Crippen LogP contribution in [-0.4, -0.2) is 32.6 Å². The number of aromatic amines is 1. The zero-order chi connectivity index (χ0) is 20.1. The second-order valence-corrected chi connectivity index (χ2v) is 9.28. The molecular weight excluding hydrogens is 374 g/mol. The van der Waals surface area contributed by atoms with Gasteiger partial charge in [-0.2, -0.15) is 0 Å². The number of nitrogens with zero attached hydrogens (tertiary/aromatic N) is 3. The number of fused-ring (bicyclic) bond motifs is 1. The van der Waals surface area contributed by atoms with E-state index in [1.54, 1.807) is 26.0 Å². The van der Waals surface area contributed by atoms with Gasteiger partial charge in [0.1, 0.15) is 5.82 Å². The Kier molecular flexibility index (Phi) is 4.23. The Morgan fingerprint density at radius 2 is 1.75 bits per heavy atom. The zero-order valence-corrected chi connectivity index (χ0v) is 16.7. The minimum absolute atomic E-state index is 0.0395. The molecule has 4 rings (SSSR count). The van der Waals surface area contributed by atoms with Crippen molar-refractivity contribution in [3.8, 4) is 22.5 Å². The molecule has 7 nitrogen and oxygen atoms in total. The van der Waals surface area contributed by atoms with Crippen LogP contribution in [0.4, 0.5) is 5.95 Å². The monoisotopic (exact) mass is 395 g/mol. The van der Waals surface area contributed by atoms with Crippen LogP contribution in [0.15, 0.2) is 48.5 Å². The van der Waals surface area contributed by atoms with Crippen molar-refractivity contribution in [1.29, 1.82) is 0 Å². The van der Waals surface area contributed by atoms with Crippen molar-refractivity contribution in [2.45, 2.75) is 26.0 Å². The fourth-order valence-electron chi connectivity index (χ4n) is 3.21. The van der Waals surface area contributed by atoms with Gasteiger partial charge in [-0.05, 0) is 32.9 Å². The van der Waals surface area contributed by atoms with E-state index in [-0.39, 0.29) is 5.95 Å². The van der Waals surface area contributed by atoms with Crippen molar-refractivity contribution in [3.05, 3.63) is 54.4 Å². The molecule has 0 radical (unpaired) electrons. The van der Waals surface area contributed by atoms with E-state index in [1.807, 2.05) is 43.3 Å². The molecule has 2 aromatic carbocycles. The lowest BCUT2D eigenvalue weighted by Gasteiger charge is -2.11. The van der Waals surface area contributed by atoms with Gasteiger partial charge < -0.3 is 10.7 Å². The molecule has 0 aliphatic heterocycles. The summed E-state index contributed by atoms with van der Waals surface area (Å²) in [5.41, 5.74) is 10.3. The molecule has 0 atom stereocenters. The quantitative estimate of drug-likeness (QED) is 0.549. The highest BCUT2D eigenvalue weighted by Gasteiger charge is 2.25. The number of H-pyrrole nitrogens is 1. The SMILES string of the molecule is Cc1nc(-c2ccc3nc(N)n(S(=O)(=O)C(C)C)c3c2)c(-c2ccccc2)[nH]1. The number of nitrogen functional groups attached to an aromatic ring is 1. The molecule has 0 fully saturated rings. The Hall–Kier alpha value is -3.13. The van der Waals surface area contributed by atoms with Crippen LogP contribution in [0.1, 0.15) is 19.7 Å². The van der Waals surface area contributed by atoms with E-state index in [0.29, 0.717) is 11.0 Å². The molecule has 0 unspecified atom stereocenters. The first-order chi connectivity index (χ1) is 13.3. The summed E-state index contributed by atoms with van der Waals surface area (Å²) in [5, 5.41) is -0.622. The third-order valence-electron chi connectivity index (χ3n) is 4.65. The fraction of sp³-hybridized carbons (Fsp3) is 0.200. The van der Waals surface area contributed by atoms with Gasteiger partial charge in [0, 0.05) is 11.1 Å². The number of aromatic nitrogens is 4. The summed E-state index contributed by atoms with van der Waals surface area (Å²) in [6.07, 6.45) is 0. The Morgan fingerprint density at radius 1 is 1.04 bits per heavy atom. The van der Waals surface area contributed by atoms with Crippen LogP contribution >= 0.6 is 0 Å². The summed E-state index contributed by atoms with van der Waals surface area (Å²) in [6, 6.07) is 15.3. The van der Waals surface area contributed by atoms with Gasteiger partial charge >= 0.3 is 0 Å². The van der Waals surface area contributed by atoms with Crippen LogP contribution in [0.5, 0.6) is 0 Å². The van der Waals surface area contributed by atoms with Gasteiger partial charge in [0.25, 0.3) is 0 Å². The zero-order valence-electron chi connectivity index (χ0n) is 15.8. The molecule has 0 aliphatic rings. The number of nitrogens with one attached hydrogen (secondary N) is 1. The Bertz CT molecular complexity index is 1270. The third kappa shape index (κ3) is 2.86. The first-order valence-corrected chi connectivity index (χ1v) is 10.4. The molecule has 144 valence electrons. The highest BCUT2D eigenvalue weighted by Crippen LogP contribution is 2.33. The Balaban J connectivity index is 1.96. The van der Waals surface area contributed by atoms with Gasteiger partial charge in [-0.25, -0.2) is 22.4 Å². The minimum atomic E-state index is -3.65. The molecule has 2 aromatic heterocycles. The third-order valence-corrected chi connectivity index (χ3v) is 6.73. The average molecular weight is 395 g/mol. The van der Waals surface area contributed by atoms with E-state index >= 15 is 0 Å². The van der Waals surface area contributed by atoms with E-state index < -0.39 is 15.3 Å². The number of hydrogen-bond donors (Lipinski definition) is 2. The van der Waals surface area contributed by atoms with Crippen LogP contribution < -0.4 is 5.73 Å². The van der Waals surface area contributed by atoms with Crippen molar-refractivity contribution >= 4 is 27.0 Å². The van der Waals surface area contributed by atoms with E-state index in [4.69, 9.17) is 5.73 Å². The van der Waals surface area contributed by atoms with Gasteiger partial charge in [0.05, 0.1) is 27.7 Å². The maximum atomic E-state index is 12.8. The fourth-order valence-corrected chi connectivity index (χ4v) is 4.36. The second-order valence-electron chi connectivity index (χ2n) is 6.94. The molecule has 3 N–H and O–H groups in total. The van der Waals surface area contributed by atoms with Crippen molar-refractivity contribution in [3.63, 3.8) is 0 Å². The van der Waals surface area contributed by atoms with E-state index in [9.17, 15) is 8.42 Å². The molecule has 0 bridgehead atoms. The lowest BCUT2D eigenvalue weighted by atomic mass is 10.0. The summed E-state index contributed by atoms with van der Waals surface area (Å²) >= 11 is 0. The lowest BCUT2D eigenvalue weighted by Crippen LogP contribution is -2.23. The van der Waals surface area contributed by atoms with E-state index in [1.165, 1.54) is 0 Å². The molecule has 0 saturated heterocycles. The molecule has 8 heteroatoms. The van der Waals surface area contributed by atoms with Crippen molar-refractivity contribution in [2.75, 3.05) is 5.73 Å². The summed E-state index contributed by atoms with van der Waals surface area (Å²) in [7, 11) is -3.65. The van der Waals surface area contributed by atoms with Gasteiger partial charge in [-0.3, -0.25) is 0 Å². The molecule has 2 heterocycles. The lowest BCUT2D eigenvalue weighted by molar-refractivity contribution is 0.580. The molecule has 4 aromatic rings. The van der Waals surface area contributed by atoms with Crippen LogP contribution in [0.3, 0.4) is 0 Å². The normalized spacial score (nSPS) is 12.1. The largest absolute Gasteiger partial charge is 0.368 e. The van der Waals surface area contributed by atoms with Gasteiger partial charge in [0.15, 0.2) is 0 Å². The number of aryl methyl sites for hydroxylation is 1. The first kappa shape index (κ1) is 18.2. The maximum Gasteiger partial charge on any atom is 0.244 e. The first-order valence-electron chi connectivity index (χ1n) is 8.94. The van der Waals surface area contributed by atoms with Crippen LogP contribution in [0, 0.1) is 6.92 Å². The molecular formula is C20H21N5O2S. The number of hydrogen-bond acceptors (Lipinski definition) is 5. The van der Waals surface area contributed by atoms with Gasteiger partial charge in [-0.1, -0.05) is 36.4 Å². The Labute approximate surface area is 163 Å². The Morgan fingerprint density at radius 3 is 2.43 bits per heavy atom. The minimum Gasteiger partial charge on any atom is -0.368 e. The van der Waals surface area contributed by atoms with E-state index in [2.05, 4.69) is 15.0 Å². The van der Waals surface area contributed by atoms with Crippen LogP contribution in [-0.2, 0) is 10.0 Å². The summed E-state index contributed by atoms with van der Waals surface area (Å²) in [4.78, 5) is 12.1. The second kappa shape index (κ2) is 6.49. The highest BCUT2D eigenvalue weighted by atomic mass is 32.2. The molecule has 0 amide bonds. The molecule has 0 aliphatic carbocycles. The van der Waals surface area contributed by atoms with E-state index in [0.717, 1.165) is 32.3 Å². The predicted octanol–water partition coefficient (Wildman–Crippen LogP) is 3.57. The number of anilines is 1. The molecule has 0 saturated carbocycles.